The third kappa shape index (κ3) is 4.23. The third-order valence-corrected chi connectivity index (χ3v) is 7.83. The van der Waals surface area contributed by atoms with Gasteiger partial charge >= 0.3 is 0 Å². The zero-order chi connectivity index (χ0) is 22.9. The molecule has 8 nitrogen and oxygen atoms in total. The Hall–Kier alpha value is -3.24. The van der Waals surface area contributed by atoms with Gasteiger partial charge in [0.25, 0.3) is 11.2 Å². The molecule has 0 radical (unpaired) electrons. The molecular formula is C23H19N3O5S2. The van der Waals surface area contributed by atoms with E-state index in [0.29, 0.717) is 26.7 Å². The molecular weight excluding hydrogens is 462 g/mol. The predicted molar refractivity (Wildman–Crippen MR) is 126 cm³/mol. The van der Waals surface area contributed by atoms with Gasteiger partial charge in [-0.1, -0.05) is 11.8 Å². The van der Waals surface area contributed by atoms with E-state index in [1.54, 1.807) is 34.3 Å². The standard InChI is InChI=1S/C23H19N3O5S2/c27-18(14-7-9-15(10-8-14)26(29)30)13-32-23-24-21-20(17-5-1-2-6-19(17)33-21)22(28)25(23)12-16-4-3-11-31-16/h3-4,7-11H,1-2,5-6,12-13H2. The first-order chi connectivity index (χ1) is 16.0. The summed E-state index contributed by atoms with van der Waals surface area (Å²) >= 11 is 2.76. The van der Waals surface area contributed by atoms with Gasteiger partial charge in [0.05, 0.1) is 28.9 Å². The minimum absolute atomic E-state index is 0.0546. The summed E-state index contributed by atoms with van der Waals surface area (Å²) < 4.78 is 7.04. The SMILES string of the molecule is O=C(CSc1nc2sc3c(c2c(=O)n1Cc1ccco1)CCCC3)c1ccc([N+](=O)[O-])cc1. The van der Waals surface area contributed by atoms with Gasteiger partial charge < -0.3 is 4.42 Å². The highest BCUT2D eigenvalue weighted by Crippen LogP contribution is 2.35. The Morgan fingerprint density at radius 2 is 2.00 bits per heavy atom. The smallest absolute Gasteiger partial charge is 0.269 e. The van der Waals surface area contributed by atoms with Crippen LogP contribution in [-0.2, 0) is 19.4 Å². The van der Waals surface area contributed by atoms with Gasteiger partial charge in [-0.2, -0.15) is 0 Å². The number of carbonyl (C=O) groups excluding carboxylic acids is 1. The number of nitro benzene ring substituents is 1. The second-order valence-electron chi connectivity index (χ2n) is 7.77. The molecule has 1 aliphatic rings. The maximum Gasteiger partial charge on any atom is 0.269 e. The molecule has 5 rings (SSSR count). The van der Waals surface area contributed by atoms with E-state index < -0.39 is 4.92 Å². The van der Waals surface area contributed by atoms with Crippen molar-refractivity contribution in [2.45, 2.75) is 37.4 Å². The Morgan fingerprint density at radius 3 is 2.73 bits per heavy atom. The number of aryl methyl sites for hydroxylation is 2. The van der Waals surface area contributed by atoms with Crippen molar-refractivity contribution in [2.75, 3.05) is 5.75 Å². The molecule has 0 saturated carbocycles. The zero-order valence-electron chi connectivity index (χ0n) is 17.5. The first-order valence-electron chi connectivity index (χ1n) is 10.5. The number of Topliss-reactive ketones (excluding diaryl/α,β-unsaturated/α-hetero) is 1. The second-order valence-corrected chi connectivity index (χ2v) is 9.80. The van der Waals surface area contributed by atoms with Crippen LogP contribution in [0, 0.1) is 10.1 Å². The second kappa shape index (κ2) is 8.95. The Kier molecular flexibility index (Phi) is 5.86. The van der Waals surface area contributed by atoms with E-state index in [0.717, 1.165) is 31.2 Å². The minimum Gasteiger partial charge on any atom is -0.467 e. The number of carbonyl (C=O) groups is 1. The molecule has 0 fully saturated rings. The molecule has 1 aromatic carbocycles. The van der Waals surface area contributed by atoms with Gasteiger partial charge in [-0.25, -0.2) is 4.98 Å². The maximum atomic E-state index is 13.6. The normalized spacial score (nSPS) is 13.2. The fraction of sp³-hybridized carbons (Fsp3) is 0.261. The van der Waals surface area contributed by atoms with Crippen LogP contribution in [0.1, 0.15) is 39.4 Å². The van der Waals surface area contributed by atoms with Gasteiger partial charge in [-0.3, -0.25) is 24.3 Å². The number of fused-ring (bicyclic) bond motifs is 3. The molecule has 3 heterocycles. The number of hydrogen-bond donors (Lipinski definition) is 0. The van der Waals surface area contributed by atoms with Crippen molar-refractivity contribution < 1.29 is 14.1 Å². The van der Waals surface area contributed by atoms with E-state index in [9.17, 15) is 19.7 Å². The first-order valence-corrected chi connectivity index (χ1v) is 12.3. The number of benzene rings is 1. The highest BCUT2D eigenvalue weighted by molar-refractivity contribution is 7.99. The average Bonchev–Trinajstić information content (AvgIpc) is 3.47. The molecule has 3 aromatic heterocycles. The molecule has 1 aliphatic carbocycles. The number of aromatic nitrogens is 2. The molecule has 0 saturated heterocycles. The molecule has 0 unspecified atom stereocenters. The van der Waals surface area contributed by atoms with Gasteiger partial charge in [0.15, 0.2) is 10.9 Å². The Labute approximate surface area is 196 Å². The van der Waals surface area contributed by atoms with Crippen molar-refractivity contribution in [1.82, 2.24) is 9.55 Å². The van der Waals surface area contributed by atoms with Crippen LogP contribution >= 0.6 is 23.1 Å². The van der Waals surface area contributed by atoms with Crippen LogP contribution in [0.5, 0.6) is 0 Å². The van der Waals surface area contributed by atoms with Crippen LogP contribution in [0.3, 0.4) is 0 Å². The summed E-state index contributed by atoms with van der Waals surface area (Å²) in [5.41, 5.74) is 1.31. The maximum absolute atomic E-state index is 13.6. The molecule has 168 valence electrons. The fourth-order valence-corrected chi connectivity index (χ4v) is 6.21. The topological polar surface area (TPSA) is 108 Å². The van der Waals surface area contributed by atoms with Crippen LogP contribution in [0.2, 0.25) is 0 Å². The Morgan fingerprint density at radius 1 is 1.21 bits per heavy atom. The summed E-state index contributed by atoms with van der Waals surface area (Å²) in [6, 6.07) is 9.08. The number of thioether (sulfide) groups is 1. The van der Waals surface area contributed by atoms with Gasteiger partial charge in [-0.15, -0.1) is 11.3 Å². The summed E-state index contributed by atoms with van der Waals surface area (Å²) in [5.74, 6) is 0.490. The van der Waals surface area contributed by atoms with Crippen molar-refractivity contribution in [2.24, 2.45) is 0 Å². The lowest BCUT2D eigenvalue weighted by molar-refractivity contribution is -0.384. The van der Waals surface area contributed by atoms with Gasteiger partial charge in [0.2, 0.25) is 0 Å². The van der Waals surface area contributed by atoms with Gasteiger partial charge in [-0.05, 0) is 55.5 Å². The van der Waals surface area contributed by atoms with Crippen LogP contribution in [0.25, 0.3) is 10.2 Å². The summed E-state index contributed by atoms with van der Waals surface area (Å²) in [7, 11) is 0. The third-order valence-electron chi connectivity index (χ3n) is 5.67. The number of nitro groups is 1. The summed E-state index contributed by atoms with van der Waals surface area (Å²) in [4.78, 5) is 43.3. The van der Waals surface area contributed by atoms with Crippen molar-refractivity contribution in [3.05, 3.63) is 84.9 Å². The van der Waals surface area contributed by atoms with E-state index in [-0.39, 0.29) is 29.3 Å². The summed E-state index contributed by atoms with van der Waals surface area (Å²) in [6.07, 6.45) is 5.60. The van der Waals surface area contributed by atoms with E-state index in [2.05, 4.69) is 0 Å². The zero-order valence-corrected chi connectivity index (χ0v) is 19.1. The largest absolute Gasteiger partial charge is 0.467 e. The lowest BCUT2D eigenvalue weighted by Crippen LogP contribution is -2.24. The monoisotopic (exact) mass is 481 g/mol. The van der Waals surface area contributed by atoms with E-state index in [4.69, 9.17) is 9.40 Å². The lowest BCUT2D eigenvalue weighted by Gasteiger charge is -2.12. The highest BCUT2D eigenvalue weighted by atomic mass is 32.2. The van der Waals surface area contributed by atoms with Crippen molar-refractivity contribution >= 4 is 44.8 Å². The molecule has 0 aliphatic heterocycles. The Balaban J connectivity index is 1.48. The quantitative estimate of drug-likeness (QED) is 0.122. The van der Waals surface area contributed by atoms with Gasteiger partial charge in [0.1, 0.15) is 10.6 Å². The predicted octanol–water partition coefficient (Wildman–Crippen LogP) is 4.86. The van der Waals surface area contributed by atoms with Crippen LogP contribution in [0.15, 0.2) is 57.0 Å². The van der Waals surface area contributed by atoms with Crippen molar-refractivity contribution in [3.8, 4) is 0 Å². The van der Waals surface area contributed by atoms with E-state index in [1.165, 1.54) is 40.9 Å². The van der Waals surface area contributed by atoms with Crippen LogP contribution in [0.4, 0.5) is 5.69 Å². The van der Waals surface area contributed by atoms with Crippen LogP contribution < -0.4 is 5.56 Å². The number of rotatable bonds is 7. The van der Waals surface area contributed by atoms with Crippen molar-refractivity contribution in [3.63, 3.8) is 0 Å². The number of nitrogens with zero attached hydrogens (tertiary/aromatic N) is 3. The first kappa shape index (κ1) is 21.6. The lowest BCUT2D eigenvalue weighted by atomic mass is 9.97. The van der Waals surface area contributed by atoms with Crippen LogP contribution in [-0.4, -0.2) is 26.0 Å². The van der Waals surface area contributed by atoms with E-state index >= 15 is 0 Å². The minimum atomic E-state index is -0.504. The highest BCUT2D eigenvalue weighted by Gasteiger charge is 2.23. The molecule has 0 spiro atoms. The van der Waals surface area contributed by atoms with E-state index in [1.807, 2.05) is 0 Å². The number of ketones is 1. The molecule has 4 aromatic rings. The van der Waals surface area contributed by atoms with Crippen molar-refractivity contribution in [1.29, 1.82) is 0 Å². The number of non-ortho nitro benzene ring substituents is 1. The molecule has 33 heavy (non-hydrogen) atoms. The summed E-state index contributed by atoms with van der Waals surface area (Å²) in [6.45, 7) is 0.230. The summed E-state index contributed by atoms with van der Waals surface area (Å²) in [5, 5.41) is 12.0. The number of furan rings is 1. The molecule has 0 N–H and O–H groups in total. The molecule has 0 amide bonds. The number of hydrogen-bond acceptors (Lipinski definition) is 8. The van der Waals surface area contributed by atoms with Gasteiger partial charge in [0, 0.05) is 22.6 Å². The Bertz CT molecular complexity index is 1400. The molecule has 10 heteroatoms. The number of thiophene rings is 1. The molecule has 0 bridgehead atoms. The fourth-order valence-electron chi connectivity index (χ4n) is 4.01. The average molecular weight is 482 g/mol. The molecule has 0 atom stereocenters.